The number of aryl methyl sites for hydroxylation is 1. The number of guanidine groups is 1. The first kappa shape index (κ1) is 24.9. The first-order chi connectivity index (χ1) is 12.1. The first-order valence-corrected chi connectivity index (χ1v) is 8.86. The zero-order valence-corrected chi connectivity index (χ0v) is 19.1. The second kappa shape index (κ2) is 15.0. The third-order valence-corrected chi connectivity index (χ3v) is 4.03. The van der Waals surface area contributed by atoms with Crippen LogP contribution in [0.4, 0.5) is 0 Å². The minimum Gasteiger partial charge on any atom is -0.496 e. The minimum atomic E-state index is 0. The van der Waals surface area contributed by atoms with Crippen molar-refractivity contribution >= 4 is 29.9 Å². The van der Waals surface area contributed by atoms with Crippen LogP contribution in [0, 0.1) is 6.92 Å². The number of hydrogen-bond acceptors (Lipinski definition) is 4. The molecule has 0 aliphatic rings. The standard InChI is InChI=1S/C19H34N4O2.HI/c1-16-7-8-18(25-5)17(15-16)9-11-22-19(20-2)21-10-6-12-23(3)13-14-24-4;/h7-8,15H,6,9-14H2,1-5H3,(H2,20,21,22);1H. The summed E-state index contributed by atoms with van der Waals surface area (Å²) >= 11 is 0. The molecule has 0 radical (unpaired) electrons. The van der Waals surface area contributed by atoms with Crippen molar-refractivity contribution in [1.82, 2.24) is 15.5 Å². The molecule has 150 valence electrons. The van der Waals surface area contributed by atoms with Gasteiger partial charge in [0.1, 0.15) is 5.75 Å². The summed E-state index contributed by atoms with van der Waals surface area (Å²) in [4.78, 5) is 6.54. The van der Waals surface area contributed by atoms with Gasteiger partial charge in [0.15, 0.2) is 5.96 Å². The summed E-state index contributed by atoms with van der Waals surface area (Å²) in [5.41, 5.74) is 2.46. The fraction of sp³-hybridized carbons (Fsp3) is 0.632. The Balaban J connectivity index is 0.00000625. The van der Waals surface area contributed by atoms with Gasteiger partial charge in [-0.05, 0) is 45.0 Å². The van der Waals surface area contributed by atoms with Crippen molar-refractivity contribution in [3.05, 3.63) is 29.3 Å². The largest absolute Gasteiger partial charge is 0.496 e. The van der Waals surface area contributed by atoms with Gasteiger partial charge in [-0.1, -0.05) is 17.7 Å². The van der Waals surface area contributed by atoms with Crippen LogP contribution in [0.5, 0.6) is 5.75 Å². The van der Waals surface area contributed by atoms with Gasteiger partial charge in [-0.3, -0.25) is 4.99 Å². The SMILES string of the molecule is CN=C(NCCCN(C)CCOC)NCCc1cc(C)ccc1OC.I. The van der Waals surface area contributed by atoms with Crippen molar-refractivity contribution in [2.24, 2.45) is 4.99 Å². The maximum atomic E-state index is 5.43. The molecular weight excluding hydrogens is 443 g/mol. The number of nitrogens with zero attached hydrogens (tertiary/aromatic N) is 2. The molecule has 0 aliphatic carbocycles. The average Bonchev–Trinajstić information content (AvgIpc) is 2.62. The molecule has 2 N–H and O–H groups in total. The van der Waals surface area contributed by atoms with Crippen molar-refractivity contribution in [2.75, 3.05) is 61.1 Å². The van der Waals surface area contributed by atoms with Crippen LogP contribution in [0.3, 0.4) is 0 Å². The van der Waals surface area contributed by atoms with Gasteiger partial charge in [-0.15, -0.1) is 24.0 Å². The highest BCUT2D eigenvalue weighted by molar-refractivity contribution is 14.0. The van der Waals surface area contributed by atoms with E-state index in [1.54, 1.807) is 21.3 Å². The molecule has 7 heteroatoms. The fourth-order valence-electron chi connectivity index (χ4n) is 2.55. The second-order valence-corrected chi connectivity index (χ2v) is 6.14. The molecule has 0 saturated carbocycles. The molecule has 0 amide bonds. The van der Waals surface area contributed by atoms with Crippen LogP contribution in [0.2, 0.25) is 0 Å². The first-order valence-electron chi connectivity index (χ1n) is 8.86. The van der Waals surface area contributed by atoms with E-state index in [4.69, 9.17) is 9.47 Å². The Hall–Kier alpha value is -1.06. The molecule has 0 spiro atoms. The predicted molar refractivity (Wildman–Crippen MR) is 120 cm³/mol. The van der Waals surface area contributed by atoms with E-state index in [0.29, 0.717) is 0 Å². The van der Waals surface area contributed by atoms with Crippen LogP contribution >= 0.6 is 24.0 Å². The quantitative estimate of drug-likeness (QED) is 0.221. The summed E-state index contributed by atoms with van der Waals surface area (Å²) in [5, 5.41) is 6.72. The molecule has 0 aromatic heterocycles. The van der Waals surface area contributed by atoms with Crippen LogP contribution in [-0.4, -0.2) is 72.0 Å². The summed E-state index contributed by atoms with van der Waals surface area (Å²) in [7, 11) is 7.36. The molecule has 0 unspecified atom stereocenters. The number of hydrogen-bond donors (Lipinski definition) is 2. The van der Waals surface area contributed by atoms with Crippen molar-refractivity contribution in [3.8, 4) is 5.75 Å². The number of halogens is 1. The van der Waals surface area contributed by atoms with Gasteiger partial charge < -0.3 is 25.0 Å². The van der Waals surface area contributed by atoms with Gasteiger partial charge in [-0.25, -0.2) is 0 Å². The normalized spacial score (nSPS) is 11.2. The molecule has 0 bridgehead atoms. The molecule has 26 heavy (non-hydrogen) atoms. The lowest BCUT2D eigenvalue weighted by atomic mass is 10.1. The summed E-state index contributed by atoms with van der Waals surface area (Å²) in [6.45, 7) is 6.57. The van der Waals surface area contributed by atoms with Crippen LogP contribution in [0.25, 0.3) is 0 Å². The molecule has 1 aromatic carbocycles. The highest BCUT2D eigenvalue weighted by Crippen LogP contribution is 2.19. The molecule has 0 aliphatic heterocycles. The van der Waals surface area contributed by atoms with E-state index in [-0.39, 0.29) is 24.0 Å². The van der Waals surface area contributed by atoms with Gasteiger partial charge in [0.25, 0.3) is 0 Å². The average molecular weight is 478 g/mol. The maximum Gasteiger partial charge on any atom is 0.190 e. The summed E-state index contributed by atoms with van der Waals surface area (Å²) in [6.07, 6.45) is 1.96. The van der Waals surface area contributed by atoms with Crippen LogP contribution in [0.15, 0.2) is 23.2 Å². The highest BCUT2D eigenvalue weighted by atomic mass is 127. The highest BCUT2D eigenvalue weighted by Gasteiger charge is 2.04. The lowest BCUT2D eigenvalue weighted by Crippen LogP contribution is -2.39. The zero-order valence-electron chi connectivity index (χ0n) is 16.8. The lowest BCUT2D eigenvalue weighted by molar-refractivity contribution is 0.161. The Morgan fingerprint density at radius 1 is 1.15 bits per heavy atom. The van der Waals surface area contributed by atoms with Gasteiger partial charge in [0, 0.05) is 33.8 Å². The Kier molecular flexibility index (Phi) is 14.4. The lowest BCUT2D eigenvalue weighted by Gasteiger charge is -2.17. The number of likely N-dealkylation sites (N-methyl/N-ethyl adjacent to an activating group) is 1. The molecule has 0 atom stereocenters. The van der Waals surface area contributed by atoms with E-state index in [0.717, 1.165) is 57.3 Å². The molecule has 1 rings (SSSR count). The molecule has 1 aromatic rings. The summed E-state index contributed by atoms with van der Waals surface area (Å²) in [5.74, 6) is 1.78. The number of methoxy groups -OCH3 is 2. The predicted octanol–water partition coefficient (Wildman–Crippen LogP) is 2.30. The third kappa shape index (κ3) is 10.2. The van der Waals surface area contributed by atoms with E-state index in [1.807, 2.05) is 6.07 Å². The van der Waals surface area contributed by atoms with E-state index < -0.39 is 0 Å². The zero-order chi connectivity index (χ0) is 18.5. The molecule has 6 nitrogen and oxygen atoms in total. The molecule has 0 saturated heterocycles. The molecule has 0 fully saturated rings. The van der Waals surface area contributed by atoms with E-state index in [1.165, 1.54) is 11.1 Å². The topological polar surface area (TPSA) is 58.1 Å². The van der Waals surface area contributed by atoms with E-state index in [9.17, 15) is 0 Å². The number of rotatable bonds is 11. The van der Waals surface area contributed by atoms with Crippen molar-refractivity contribution in [2.45, 2.75) is 19.8 Å². The van der Waals surface area contributed by atoms with Crippen molar-refractivity contribution in [1.29, 1.82) is 0 Å². The Morgan fingerprint density at radius 2 is 1.88 bits per heavy atom. The summed E-state index contributed by atoms with van der Waals surface area (Å²) < 4.78 is 10.5. The van der Waals surface area contributed by atoms with Crippen LogP contribution in [0.1, 0.15) is 17.5 Å². The van der Waals surface area contributed by atoms with Gasteiger partial charge >= 0.3 is 0 Å². The van der Waals surface area contributed by atoms with Gasteiger partial charge in [0.05, 0.1) is 13.7 Å². The number of aliphatic imine (C=N–C) groups is 1. The minimum absolute atomic E-state index is 0. The van der Waals surface area contributed by atoms with E-state index >= 15 is 0 Å². The smallest absolute Gasteiger partial charge is 0.190 e. The van der Waals surface area contributed by atoms with Gasteiger partial charge in [-0.2, -0.15) is 0 Å². The maximum absolute atomic E-state index is 5.43. The van der Waals surface area contributed by atoms with Crippen molar-refractivity contribution in [3.63, 3.8) is 0 Å². The number of ether oxygens (including phenoxy) is 2. The Labute approximate surface area is 175 Å². The molecule has 0 heterocycles. The fourth-order valence-corrected chi connectivity index (χ4v) is 2.55. The van der Waals surface area contributed by atoms with Gasteiger partial charge in [0.2, 0.25) is 0 Å². The summed E-state index contributed by atoms with van der Waals surface area (Å²) in [6, 6.07) is 6.27. The van der Waals surface area contributed by atoms with Crippen molar-refractivity contribution < 1.29 is 9.47 Å². The van der Waals surface area contributed by atoms with E-state index in [2.05, 4.69) is 46.6 Å². The third-order valence-electron chi connectivity index (χ3n) is 4.03. The molecular formula is C19H35IN4O2. The Bertz CT molecular complexity index is 526. The second-order valence-electron chi connectivity index (χ2n) is 6.14. The number of benzene rings is 1. The number of nitrogens with one attached hydrogen (secondary N) is 2. The Morgan fingerprint density at radius 3 is 2.54 bits per heavy atom. The van der Waals surface area contributed by atoms with Crippen LogP contribution < -0.4 is 15.4 Å². The van der Waals surface area contributed by atoms with Crippen LogP contribution in [-0.2, 0) is 11.2 Å². The monoisotopic (exact) mass is 478 g/mol.